The Morgan fingerprint density at radius 1 is 0.464 bits per heavy atom. The molecule has 0 unspecified atom stereocenters. The quantitative estimate of drug-likeness (QED) is 0.277. The minimum Gasteiger partial charge on any atom is -0.0826 e. The van der Waals surface area contributed by atoms with Gasteiger partial charge in [0.1, 0.15) is 0 Å². The summed E-state index contributed by atoms with van der Waals surface area (Å²) in [5.74, 6) is 0. The van der Waals surface area contributed by atoms with Gasteiger partial charge in [-0.05, 0) is 38.2 Å². The van der Waals surface area contributed by atoms with Gasteiger partial charge in [0, 0.05) is 11.3 Å². The summed E-state index contributed by atoms with van der Waals surface area (Å²) in [4.78, 5) is 0. The van der Waals surface area contributed by atoms with Crippen LogP contribution in [0.15, 0.2) is 115 Å². The van der Waals surface area contributed by atoms with Gasteiger partial charge in [0.05, 0.1) is 0 Å². The average Bonchev–Trinajstić information content (AvgIpc) is 2.78. The van der Waals surface area contributed by atoms with Crippen molar-refractivity contribution in [2.24, 2.45) is 0 Å². The summed E-state index contributed by atoms with van der Waals surface area (Å²) in [5.41, 5.74) is 0. The number of hydrogen-bond acceptors (Lipinski definition) is 1. The molecule has 134 valence electrons. The highest BCUT2D eigenvalue weighted by Crippen LogP contribution is 2.47. The third-order valence-corrected chi connectivity index (χ3v) is 10.3. The maximum atomic E-state index is 6.67. The Kier molecular flexibility index (Phi) is 4.36. The van der Waals surface area contributed by atoms with E-state index < -0.39 is 6.04 Å². The molecule has 0 heterocycles. The van der Waals surface area contributed by atoms with Crippen molar-refractivity contribution in [1.82, 2.24) is 0 Å². The molecule has 0 aromatic heterocycles. The maximum Gasteiger partial charge on any atom is 0.0391 e. The van der Waals surface area contributed by atoms with E-state index in [1.807, 2.05) is 0 Å². The molecule has 0 N–H and O–H groups in total. The molecule has 0 spiro atoms. The van der Waals surface area contributed by atoms with E-state index in [4.69, 9.17) is 11.8 Å². The second-order valence-corrected chi connectivity index (χ2v) is 11.3. The first-order chi connectivity index (χ1) is 13.8. The van der Waals surface area contributed by atoms with E-state index in [-0.39, 0.29) is 0 Å². The van der Waals surface area contributed by atoms with Gasteiger partial charge in [0.25, 0.3) is 0 Å². The minimum atomic E-state index is -2.23. The van der Waals surface area contributed by atoms with E-state index in [0.717, 1.165) is 0 Å². The lowest BCUT2D eigenvalue weighted by molar-refractivity contribution is 1.75. The Morgan fingerprint density at radius 2 is 0.857 bits per heavy atom. The van der Waals surface area contributed by atoms with Crippen molar-refractivity contribution in [3.8, 4) is 0 Å². The summed E-state index contributed by atoms with van der Waals surface area (Å²) >= 11 is 6.67. The molecule has 0 nitrogen and oxygen atoms in total. The number of hydrogen-bond donors (Lipinski definition) is 0. The van der Waals surface area contributed by atoms with Crippen molar-refractivity contribution in [2.75, 3.05) is 0 Å². The second kappa shape index (κ2) is 7.02. The summed E-state index contributed by atoms with van der Waals surface area (Å²) in [6.07, 6.45) is 0. The molecule has 5 rings (SSSR count). The molecule has 0 aliphatic rings. The van der Waals surface area contributed by atoms with Crippen LogP contribution in [0.5, 0.6) is 0 Å². The van der Waals surface area contributed by atoms with Crippen LogP contribution in [-0.2, 0) is 11.8 Å². The monoisotopic (exact) mass is 394 g/mol. The SMILES string of the molecule is S=P(c1ccccc1)(c1ccccc1)c1c2ccccc2cc2ccccc12. The van der Waals surface area contributed by atoms with Crippen LogP contribution in [0.3, 0.4) is 0 Å². The third kappa shape index (κ3) is 2.71. The van der Waals surface area contributed by atoms with Crippen LogP contribution < -0.4 is 15.9 Å². The summed E-state index contributed by atoms with van der Waals surface area (Å²) in [6.45, 7) is 0. The van der Waals surface area contributed by atoms with Gasteiger partial charge in [-0.2, -0.15) is 0 Å². The van der Waals surface area contributed by atoms with Crippen LogP contribution in [0, 0.1) is 0 Å². The van der Waals surface area contributed by atoms with Crippen LogP contribution in [0.4, 0.5) is 0 Å². The first-order valence-corrected chi connectivity index (χ1v) is 12.2. The highest BCUT2D eigenvalue weighted by Gasteiger charge is 2.28. The normalized spacial score (nSPS) is 11.7. The van der Waals surface area contributed by atoms with Crippen molar-refractivity contribution < 1.29 is 0 Å². The van der Waals surface area contributed by atoms with Crippen molar-refractivity contribution >= 4 is 55.3 Å². The van der Waals surface area contributed by atoms with Gasteiger partial charge in [0.2, 0.25) is 0 Å². The van der Waals surface area contributed by atoms with E-state index >= 15 is 0 Å². The van der Waals surface area contributed by atoms with Crippen molar-refractivity contribution in [1.29, 1.82) is 0 Å². The zero-order valence-corrected chi connectivity index (χ0v) is 17.0. The van der Waals surface area contributed by atoms with Gasteiger partial charge in [-0.1, -0.05) is 121 Å². The molecule has 0 amide bonds. The molecule has 2 heteroatoms. The molecular formula is C26H19PS. The number of fused-ring (bicyclic) bond motifs is 2. The largest absolute Gasteiger partial charge is 0.0826 e. The fourth-order valence-corrected chi connectivity index (χ4v) is 8.42. The highest BCUT2D eigenvalue weighted by molar-refractivity contribution is 8.25. The predicted octanol–water partition coefficient (Wildman–Crippen LogP) is 5.75. The molecule has 0 saturated carbocycles. The molecule has 0 radical (unpaired) electrons. The van der Waals surface area contributed by atoms with Gasteiger partial charge in [0.15, 0.2) is 0 Å². The standard InChI is InChI=1S/C26H19PS/c28-27(22-13-3-1-4-14-22,23-15-5-2-6-16-23)26-24-17-9-7-11-20(24)19-21-12-8-10-18-25(21)26/h1-19H. The Morgan fingerprint density at radius 3 is 1.32 bits per heavy atom. The summed E-state index contributed by atoms with van der Waals surface area (Å²) < 4.78 is 0. The molecule has 5 aromatic rings. The van der Waals surface area contributed by atoms with Crippen LogP contribution in [-0.4, -0.2) is 0 Å². The van der Waals surface area contributed by atoms with Crippen LogP contribution in [0.1, 0.15) is 0 Å². The molecular weight excluding hydrogens is 375 g/mol. The summed E-state index contributed by atoms with van der Waals surface area (Å²) in [6, 6.07) is 38.7. The average molecular weight is 394 g/mol. The van der Waals surface area contributed by atoms with Gasteiger partial charge in [-0.25, -0.2) is 0 Å². The van der Waals surface area contributed by atoms with Gasteiger partial charge < -0.3 is 0 Å². The molecule has 0 aliphatic carbocycles. The van der Waals surface area contributed by atoms with Crippen molar-refractivity contribution in [3.05, 3.63) is 115 Å². The molecule has 0 bridgehead atoms. The molecule has 0 atom stereocenters. The first kappa shape index (κ1) is 17.4. The smallest absolute Gasteiger partial charge is 0.0391 e. The zero-order chi connectivity index (χ0) is 19.0. The van der Waals surface area contributed by atoms with E-state index in [0.29, 0.717) is 0 Å². The fraction of sp³-hybridized carbons (Fsp3) is 0. The van der Waals surface area contributed by atoms with Crippen molar-refractivity contribution in [3.63, 3.8) is 0 Å². The molecule has 0 saturated heterocycles. The Balaban J connectivity index is 2.01. The van der Waals surface area contributed by atoms with E-state index in [1.165, 1.54) is 37.5 Å². The molecule has 28 heavy (non-hydrogen) atoms. The number of rotatable bonds is 3. The predicted molar refractivity (Wildman–Crippen MR) is 128 cm³/mol. The summed E-state index contributed by atoms with van der Waals surface area (Å²) in [5, 5.41) is 8.79. The van der Waals surface area contributed by atoms with E-state index in [9.17, 15) is 0 Å². The molecule has 0 aliphatic heterocycles. The Bertz CT molecular complexity index is 1230. The first-order valence-electron chi connectivity index (χ1n) is 9.41. The van der Waals surface area contributed by atoms with Crippen molar-refractivity contribution in [2.45, 2.75) is 0 Å². The van der Waals surface area contributed by atoms with Gasteiger partial charge in [-0.3, -0.25) is 0 Å². The van der Waals surface area contributed by atoms with Gasteiger partial charge >= 0.3 is 0 Å². The van der Waals surface area contributed by atoms with Crippen LogP contribution >= 0.6 is 6.04 Å². The number of benzene rings is 5. The van der Waals surface area contributed by atoms with Crippen LogP contribution in [0.2, 0.25) is 0 Å². The lowest BCUT2D eigenvalue weighted by Gasteiger charge is -2.27. The Labute approximate surface area is 170 Å². The van der Waals surface area contributed by atoms with Crippen LogP contribution in [0.25, 0.3) is 21.5 Å². The lowest BCUT2D eigenvalue weighted by atomic mass is 10.0. The third-order valence-electron chi connectivity index (χ3n) is 5.30. The molecule has 5 aromatic carbocycles. The fourth-order valence-electron chi connectivity index (χ4n) is 4.01. The van der Waals surface area contributed by atoms with E-state index in [2.05, 4.69) is 115 Å². The molecule has 0 fully saturated rings. The van der Waals surface area contributed by atoms with Gasteiger partial charge in [-0.15, -0.1) is 0 Å². The summed E-state index contributed by atoms with van der Waals surface area (Å²) in [7, 11) is 0. The van der Waals surface area contributed by atoms with E-state index in [1.54, 1.807) is 0 Å². The Hall–Kier alpha value is -2.73. The zero-order valence-electron chi connectivity index (χ0n) is 15.3. The maximum absolute atomic E-state index is 6.67. The topological polar surface area (TPSA) is 0 Å². The minimum absolute atomic E-state index is 1.23. The highest BCUT2D eigenvalue weighted by atomic mass is 32.4. The lowest BCUT2D eigenvalue weighted by Crippen LogP contribution is -2.26. The second-order valence-electron chi connectivity index (χ2n) is 6.95.